The topological polar surface area (TPSA) is 43.4 Å². The number of rotatable bonds is 4. The minimum Gasteiger partial charge on any atom is -0.313 e. The fraction of sp³-hybridized carbons (Fsp3) is 1.00. The van der Waals surface area contributed by atoms with Crippen LogP contribution in [0.2, 0.25) is 15.1 Å². The summed E-state index contributed by atoms with van der Waals surface area (Å²) in [5.74, 6) is 0.101. The van der Waals surface area contributed by atoms with Crippen molar-refractivity contribution in [3.63, 3.8) is 0 Å². The Balaban J connectivity index is 6.22. The summed E-state index contributed by atoms with van der Waals surface area (Å²) in [5, 5.41) is -0.529. The maximum absolute atomic E-state index is 12.4. The van der Waals surface area contributed by atoms with Crippen LogP contribution in [0.1, 0.15) is 75.7 Å². The molecule has 0 spiro atoms. The Morgan fingerprint density at radius 2 is 1.10 bits per heavy atom. The zero-order valence-corrected chi connectivity index (χ0v) is 16.9. The molecule has 0 aliphatic carbocycles. The third-order valence-electron chi connectivity index (χ3n) is 3.87. The van der Waals surface area contributed by atoms with Gasteiger partial charge in [0.25, 0.3) is 10.1 Å². The fourth-order valence-corrected chi connectivity index (χ4v) is 16.3. The van der Waals surface area contributed by atoms with E-state index in [4.69, 9.17) is 3.87 Å². The first-order valence-corrected chi connectivity index (χ1v) is 10.9. The van der Waals surface area contributed by atoms with Gasteiger partial charge in [0.2, 0.25) is 8.32 Å². The molecule has 0 saturated heterocycles. The van der Waals surface area contributed by atoms with Crippen molar-refractivity contribution in [3.05, 3.63) is 0 Å². The first kappa shape index (κ1) is 20.1. The van der Waals surface area contributed by atoms with Crippen molar-refractivity contribution in [2.45, 2.75) is 90.8 Å². The van der Waals surface area contributed by atoms with E-state index in [1.54, 1.807) is 0 Å². The molecule has 0 saturated carbocycles. The molecule has 3 nitrogen and oxygen atoms in total. The predicted octanol–water partition coefficient (Wildman–Crippen LogP) is 5.09. The van der Waals surface area contributed by atoms with Gasteiger partial charge in [0.1, 0.15) is 0 Å². The van der Waals surface area contributed by atoms with E-state index in [0.29, 0.717) is 6.42 Å². The van der Waals surface area contributed by atoms with E-state index in [0.717, 1.165) is 0 Å². The molecule has 0 aromatic heterocycles. The Bertz CT molecular complexity index is 383. The van der Waals surface area contributed by atoms with Gasteiger partial charge in [-0.1, -0.05) is 69.2 Å². The molecule has 0 N–H and O–H groups in total. The van der Waals surface area contributed by atoms with Crippen LogP contribution in [0.5, 0.6) is 0 Å². The molecule has 0 rings (SSSR count). The maximum atomic E-state index is 12.4. The van der Waals surface area contributed by atoms with Gasteiger partial charge in [-0.15, -0.1) is 0 Å². The summed E-state index contributed by atoms with van der Waals surface area (Å²) in [4.78, 5) is 0. The van der Waals surface area contributed by atoms with Crippen molar-refractivity contribution in [3.8, 4) is 0 Å². The van der Waals surface area contributed by atoms with Crippen molar-refractivity contribution >= 4 is 18.4 Å². The monoisotopic (exact) mass is 322 g/mol. The fourth-order valence-electron chi connectivity index (χ4n) is 4.23. The molecule has 0 amide bonds. The quantitative estimate of drug-likeness (QED) is 0.677. The van der Waals surface area contributed by atoms with E-state index in [9.17, 15) is 8.42 Å². The van der Waals surface area contributed by atoms with Crippen LogP contribution in [-0.2, 0) is 14.0 Å². The highest BCUT2D eigenvalue weighted by Crippen LogP contribution is 2.62. The second-order valence-electron chi connectivity index (χ2n) is 8.78. The highest BCUT2D eigenvalue weighted by atomic mass is 32.2. The standard InChI is InChI=1S/C15H34O3SSi/c1-11-12-19(16,17)18-20(13(2,3)4,14(5,6)7)15(8,9)10/h11-12H2,1-10H3. The number of hydrogen-bond acceptors (Lipinski definition) is 3. The molecule has 0 atom stereocenters. The third kappa shape index (κ3) is 3.86. The lowest BCUT2D eigenvalue weighted by molar-refractivity contribution is 0.368. The highest BCUT2D eigenvalue weighted by Gasteiger charge is 2.64. The zero-order valence-electron chi connectivity index (χ0n) is 15.0. The molecule has 0 fully saturated rings. The smallest absolute Gasteiger partial charge is 0.257 e. The summed E-state index contributed by atoms with van der Waals surface area (Å²) in [6, 6.07) is 0. The molecule has 5 heteroatoms. The van der Waals surface area contributed by atoms with E-state index in [-0.39, 0.29) is 20.9 Å². The lowest BCUT2D eigenvalue weighted by Gasteiger charge is -2.56. The van der Waals surface area contributed by atoms with Gasteiger partial charge in [-0.05, 0) is 21.5 Å². The lowest BCUT2D eigenvalue weighted by Crippen LogP contribution is -2.61. The lowest BCUT2D eigenvalue weighted by atomic mass is 10.2. The van der Waals surface area contributed by atoms with Gasteiger partial charge in [-0.2, -0.15) is 0 Å². The molecule has 20 heavy (non-hydrogen) atoms. The van der Waals surface area contributed by atoms with Crippen LogP contribution in [0.3, 0.4) is 0 Å². The molecule has 0 bridgehead atoms. The first-order valence-electron chi connectivity index (χ1n) is 7.45. The highest BCUT2D eigenvalue weighted by molar-refractivity contribution is 7.87. The van der Waals surface area contributed by atoms with E-state index >= 15 is 0 Å². The first-order chi connectivity index (χ1) is 8.52. The van der Waals surface area contributed by atoms with Gasteiger partial charge in [0.15, 0.2) is 0 Å². The second kappa shape index (κ2) is 5.73. The Hall–Kier alpha value is 0.127. The van der Waals surface area contributed by atoms with Crippen molar-refractivity contribution < 1.29 is 12.3 Å². The van der Waals surface area contributed by atoms with Gasteiger partial charge >= 0.3 is 0 Å². The van der Waals surface area contributed by atoms with Crippen LogP contribution in [0.4, 0.5) is 0 Å². The van der Waals surface area contributed by atoms with Crippen LogP contribution in [-0.4, -0.2) is 22.5 Å². The Kier molecular flexibility index (Phi) is 5.76. The second-order valence-corrected chi connectivity index (χ2v) is 16.8. The summed E-state index contributed by atoms with van der Waals surface area (Å²) < 4.78 is 30.9. The van der Waals surface area contributed by atoms with Gasteiger partial charge in [0, 0.05) is 0 Å². The normalized spacial score (nSPS) is 15.5. The summed E-state index contributed by atoms with van der Waals surface area (Å²) in [6.07, 6.45) is 0.589. The number of hydrogen-bond donors (Lipinski definition) is 0. The molecule has 0 aliphatic rings. The van der Waals surface area contributed by atoms with Crippen LogP contribution in [0.25, 0.3) is 0 Å². The van der Waals surface area contributed by atoms with Crippen molar-refractivity contribution in [2.75, 3.05) is 5.75 Å². The van der Waals surface area contributed by atoms with E-state index < -0.39 is 18.4 Å². The van der Waals surface area contributed by atoms with Crippen LogP contribution < -0.4 is 0 Å². The van der Waals surface area contributed by atoms with Crippen molar-refractivity contribution in [1.29, 1.82) is 0 Å². The van der Waals surface area contributed by atoms with Crippen LogP contribution in [0.15, 0.2) is 0 Å². The summed E-state index contributed by atoms with van der Waals surface area (Å²) in [7, 11) is -6.14. The van der Waals surface area contributed by atoms with Crippen LogP contribution in [0, 0.1) is 0 Å². The zero-order chi connectivity index (χ0) is 16.6. The maximum Gasteiger partial charge on any atom is 0.257 e. The SMILES string of the molecule is CCCS(=O)(=O)O[Si](C(C)(C)C)(C(C)(C)C)C(C)(C)C. The molecule has 0 aromatic rings. The molecular weight excluding hydrogens is 288 g/mol. The minimum absolute atomic E-state index is 0.101. The molecule has 0 aliphatic heterocycles. The molecular formula is C15H34O3SSi. The molecule has 0 unspecified atom stereocenters. The average molecular weight is 323 g/mol. The average Bonchev–Trinajstić information content (AvgIpc) is 2.07. The summed E-state index contributed by atoms with van der Waals surface area (Å²) in [6.45, 7) is 21.0. The molecule has 0 aromatic carbocycles. The van der Waals surface area contributed by atoms with E-state index in [2.05, 4.69) is 62.3 Å². The molecule has 122 valence electrons. The van der Waals surface area contributed by atoms with Gasteiger partial charge < -0.3 is 3.87 Å². The van der Waals surface area contributed by atoms with Crippen molar-refractivity contribution in [2.24, 2.45) is 0 Å². The molecule has 0 heterocycles. The Morgan fingerprint density at radius 1 is 0.800 bits per heavy atom. The Morgan fingerprint density at radius 3 is 1.30 bits per heavy atom. The predicted molar refractivity (Wildman–Crippen MR) is 90.1 cm³/mol. The summed E-state index contributed by atoms with van der Waals surface area (Å²) in [5.41, 5.74) is 0. The van der Waals surface area contributed by atoms with Gasteiger partial charge in [0.05, 0.1) is 5.75 Å². The van der Waals surface area contributed by atoms with Gasteiger partial charge in [-0.3, -0.25) is 0 Å². The molecule has 0 radical (unpaired) electrons. The summed E-state index contributed by atoms with van der Waals surface area (Å²) >= 11 is 0. The van der Waals surface area contributed by atoms with Crippen LogP contribution >= 0.6 is 0 Å². The minimum atomic E-state index is -3.48. The Labute approximate surface area is 127 Å². The van der Waals surface area contributed by atoms with Crippen molar-refractivity contribution in [1.82, 2.24) is 0 Å². The third-order valence-corrected chi connectivity index (χ3v) is 13.1. The largest absolute Gasteiger partial charge is 0.313 e. The van der Waals surface area contributed by atoms with E-state index in [1.807, 2.05) is 6.92 Å². The van der Waals surface area contributed by atoms with Gasteiger partial charge in [-0.25, -0.2) is 8.42 Å². The van der Waals surface area contributed by atoms with E-state index in [1.165, 1.54) is 0 Å².